The highest BCUT2D eigenvalue weighted by Gasteiger charge is 2.36. The number of aromatic hydroxyl groups is 1. The van der Waals surface area contributed by atoms with Crippen molar-refractivity contribution in [1.29, 1.82) is 0 Å². The Balaban J connectivity index is 2.16. The summed E-state index contributed by atoms with van der Waals surface area (Å²) >= 11 is 0. The van der Waals surface area contributed by atoms with E-state index in [0.29, 0.717) is 19.8 Å². The number of phenolic OH excluding ortho intramolecular Hbond substituents is 1. The number of rotatable bonds is 5. The van der Waals surface area contributed by atoms with E-state index in [1.54, 1.807) is 18.2 Å². The summed E-state index contributed by atoms with van der Waals surface area (Å²) in [6.07, 6.45) is 0. The van der Waals surface area contributed by atoms with Crippen molar-refractivity contribution in [3.05, 3.63) is 29.8 Å². The van der Waals surface area contributed by atoms with Crippen LogP contribution in [0.25, 0.3) is 0 Å². The van der Waals surface area contributed by atoms with Crippen LogP contribution < -0.4 is 5.32 Å². The quantitative estimate of drug-likeness (QED) is 0.864. The summed E-state index contributed by atoms with van der Waals surface area (Å²) in [6, 6.07) is 7.07. The molecule has 1 aliphatic rings. The number of hydrogen-bond acceptors (Lipinski definition) is 4. The molecule has 5 heteroatoms. The van der Waals surface area contributed by atoms with E-state index >= 15 is 0 Å². The number of carbonyl (C=O) groups is 1. The van der Waals surface area contributed by atoms with Gasteiger partial charge < -0.3 is 20.1 Å². The molecule has 1 aromatic carbocycles. The van der Waals surface area contributed by atoms with Gasteiger partial charge in [-0.3, -0.25) is 4.79 Å². The second kappa shape index (κ2) is 6.91. The molecule has 1 heterocycles. The van der Waals surface area contributed by atoms with Crippen molar-refractivity contribution in [2.75, 3.05) is 26.8 Å². The van der Waals surface area contributed by atoms with Gasteiger partial charge >= 0.3 is 0 Å². The summed E-state index contributed by atoms with van der Waals surface area (Å²) in [6.45, 7) is 5.63. The number of carbonyl (C=O) groups excluding carboxylic acids is 1. The molecule has 0 aliphatic carbocycles. The molecule has 3 atom stereocenters. The SMILES string of the molecule is CCN(C(=O)C1COCC1NC)C(C)c1cccc(O)c1. The molecule has 1 fully saturated rings. The van der Waals surface area contributed by atoms with Gasteiger partial charge in [0.1, 0.15) is 5.75 Å². The summed E-state index contributed by atoms with van der Waals surface area (Å²) in [4.78, 5) is 14.6. The van der Waals surface area contributed by atoms with E-state index in [9.17, 15) is 9.90 Å². The summed E-state index contributed by atoms with van der Waals surface area (Å²) < 4.78 is 5.43. The normalized spacial score (nSPS) is 23.0. The average molecular weight is 292 g/mol. The number of nitrogens with zero attached hydrogens (tertiary/aromatic N) is 1. The average Bonchev–Trinajstić information content (AvgIpc) is 2.96. The molecule has 2 rings (SSSR count). The third-order valence-electron chi connectivity index (χ3n) is 4.21. The van der Waals surface area contributed by atoms with Gasteiger partial charge in [-0.2, -0.15) is 0 Å². The van der Waals surface area contributed by atoms with E-state index in [0.717, 1.165) is 5.56 Å². The predicted molar refractivity (Wildman–Crippen MR) is 81.1 cm³/mol. The van der Waals surface area contributed by atoms with Gasteiger partial charge in [0, 0.05) is 12.6 Å². The van der Waals surface area contributed by atoms with Gasteiger partial charge in [0.05, 0.1) is 25.2 Å². The van der Waals surface area contributed by atoms with Gasteiger partial charge in [0.15, 0.2) is 0 Å². The van der Waals surface area contributed by atoms with E-state index in [-0.39, 0.29) is 29.7 Å². The molecule has 21 heavy (non-hydrogen) atoms. The van der Waals surface area contributed by atoms with Crippen molar-refractivity contribution in [1.82, 2.24) is 10.2 Å². The smallest absolute Gasteiger partial charge is 0.230 e. The van der Waals surface area contributed by atoms with Crippen LogP contribution in [0.1, 0.15) is 25.5 Å². The molecule has 0 saturated carbocycles. The number of likely N-dealkylation sites (N-methyl/N-ethyl adjacent to an activating group) is 1. The Morgan fingerprint density at radius 3 is 2.90 bits per heavy atom. The zero-order valence-corrected chi connectivity index (χ0v) is 12.9. The fourth-order valence-corrected chi connectivity index (χ4v) is 2.88. The topological polar surface area (TPSA) is 61.8 Å². The van der Waals surface area contributed by atoms with Crippen LogP contribution in [0.5, 0.6) is 5.75 Å². The van der Waals surface area contributed by atoms with Crippen molar-refractivity contribution < 1.29 is 14.6 Å². The molecule has 2 N–H and O–H groups in total. The van der Waals surface area contributed by atoms with Crippen molar-refractivity contribution in [2.24, 2.45) is 5.92 Å². The minimum Gasteiger partial charge on any atom is -0.508 e. The lowest BCUT2D eigenvalue weighted by Crippen LogP contribution is -2.45. The number of amides is 1. The van der Waals surface area contributed by atoms with Crippen molar-refractivity contribution in [3.63, 3.8) is 0 Å². The summed E-state index contributed by atoms with van der Waals surface area (Å²) in [7, 11) is 1.86. The van der Waals surface area contributed by atoms with E-state index in [4.69, 9.17) is 4.74 Å². The molecule has 0 aromatic heterocycles. The standard InChI is InChI=1S/C16H24N2O3/c1-4-18(11(2)12-6-5-7-13(19)8-12)16(20)14-9-21-10-15(14)17-3/h5-8,11,14-15,17,19H,4,9-10H2,1-3H3. The third-order valence-corrected chi connectivity index (χ3v) is 4.21. The zero-order chi connectivity index (χ0) is 15.4. The third kappa shape index (κ3) is 3.36. The van der Waals surface area contributed by atoms with Gasteiger partial charge in [-0.15, -0.1) is 0 Å². The van der Waals surface area contributed by atoms with Gasteiger partial charge in [0.25, 0.3) is 0 Å². The fraction of sp³-hybridized carbons (Fsp3) is 0.562. The van der Waals surface area contributed by atoms with E-state index in [2.05, 4.69) is 5.32 Å². The second-order valence-electron chi connectivity index (χ2n) is 5.43. The molecular weight excluding hydrogens is 268 g/mol. The van der Waals surface area contributed by atoms with Gasteiger partial charge in [-0.1, -0.05) is 12.1 Å². The molecule has 0 spiro atoms. The molecule has 116 valence electrons. The molecule has 1 aliphatic heterocycles. The van der Waals surface area contributed by atoms with Crippen LogP contribution in [0.15, 0.2) is 24.3 Å². The van der Waals surface area contributed by atoms with Gasteiger partial charge in [0.2, 0.25) is 5.91 Å². The highest BCUT2D eigenvalue weighted by molar-refractivity contribution is 5.80. The molecule has 0 radical (unpaired) electrons. The number of hydrogen-bond donors (Lipinski definition) is 2. The van der Waals surface area contributed by atoms with Crippen LogP contribution in [0.3, 0.4) is 0 Å². The first-order valence-corrected chi connectivity index (χ1v) is 7.42. The van der Waals surface area contributed by atoms with Crippen molar-refractivity contribution >= 4 is 5.91 Å². The summed E-state index contributed by atoms with van der Waals surface area (Å²) in [5, 5.41) is 12.8. The molecule has 1 amide bonds. The minimum absolute atomic E-state index is 0.0722. The first kappa shape index (κ1) is 15.8. The Hall–Kier alpha value is -1.59. The van der Waals surface area contributed by atoms with Crippen molar-refractivity contribution in [3.8, 4) is 5.75 Å². The summed E-state index contributed by atoms with van der Waals surface area (Å²) in [5.74, 6) is 0.181. The zero-order valence-electron chi connectivity index (χ0n) is 12.9. The monoisotopic (exact) mass is 292 g/mol. The molecule has 0 bridgehead atoms. The highest BCUT2D eigenvalue weighted by atomic mass is 16.5. The lowest BCUT2D eigenvalue weighted by Gasteiger charge is -2.32. The molecule has 1 saturated heterocycles. The van der Waals surface area contributed by atoms with Gasteiger partial charge in [-0.05, 0) is 38.6 Å². The Bertz CT molecular complexity index is 492. The largest absolute Gasteiger partial charge is 0.508 e. The Morgan fingerprint density at radius 2 is 2.29 bits per heavy atom. The predicted octanol–water partition coefficient (Wildman–Crippen LogP) is 1.54. The molecule has 3 unspecified atom stereocenters. The fourth-order valence-electron chi connectivity index (χ4n) is 2.88. The van der Waals surface area contributed by atoms with Crippen LogP contribution in [0, 0.1) is 5.92 Å². The maximum atomic E-state index is 12.8. The lowest BCUT2D eigenvalue weighted by atomic mass is 9.99. The van der Waals surface area contributed by atoms with Gasteiger partial charge in [-0.25, -0.2) is 0 Å². The Morgan fingerprint density at radius 1 is 1.52 bits per heavy atom. The maximum absolute atomic E-state index is 12.8. The molecular formula is C16H24N2O3. The Labute approximate surface area is 125 Å². The first-order valence-electron chi connectivity index (χ1n) is 7.42. The summed E-state index contributed by atoms with van der Waals surface area (Å²) in [5.41, 5.74) is 0.935. The number of ether oxygens (including phenoxy) is 1. The van der Waals surface area contributed by atoms with Crippen LogP contribution in [0.2, 0.25) is 0 Å². The highest BCUT2D eigenvalue weighted by Crippen LogP contribution is 2.26. The number of phenols is 1. The van der Waals surface area contributed by atoms with Crippen molar-refractivity contribution in [2.45, 2.75) is 25.9 Å². The number of benzene rings is 1. The van der Waals surface area contributed by atoms with Crippen LogP contribution in [-0.2, 0) is 9.53 Å². The minimum atomic E-state index is -0.144. The van der Waals surface area contributed by atoms with E-state index in [1.807, 2.05) is 31.9 Å². The number of nitrogens with one attached hydrogen (secondary N) is 1. The maximum Gasteiger partial charge on any atom is 0.230 e. The molecule has 1 aromatic rings. The first-order chi connectivity index (χ1) is 10.1. The molecule has 5 nitrogen and oxygen atoms in total. The van der Waals surface area contributed by atoms with Crippen LogP contribution in [-0.4, -0.2) is 48.8 Å². The van der Waals surface area contributed by atoms with Crippen LogP contribution >= 0.6 is 0 Å². The Kier molecular flexibility index (Phi) is 5.20. The lowest BCUT2D eigenvalue weighted by molar-refractivity contribution is -0.138. The second-order valence-corrected chi connectivity index (χ2v) is 5.43. The van der Waals surface area contributed by atoms with E-state index in [1.165, 1.54) is 0 Å². The van der Waals surface area contributed by atoms with E-state index < -0.39 is 0 Å². The van der Waals surface area contributed by atoms with Crippen LogP contribution in [0.4, 0.5) is 0 Å².